The van der Waals surface area contributed by atoms with Gasteiger partial charge in [-0.3, -0.25) is 0 Å². The van der Waals surface area contributed by atoms with E-state index in [1.807, 2.05) is 11.6 Å². The molecule has 1 aromatic rings. The van der Waals surface area contributed by atoms with E-state index in [2.05, 4.69) is 4.98 Å². The van der Waals surface area contributed by atoms with Crippen LogP contribution in [0.5, 0.6) is 0 Å². The Hall–Kier alpha value is -0.450. The van der Waals surface area contributed by atoms with E-state index in [0.29, 0.717) is 0 Å². The topological polar surface area (TPSA) is 48.1 Å². The molecular formula is C11H18N2OS. The predicted molar refractivity (Wildman–Crippen MR) is 62.0 cm³/mol. The molecule has 0 saturated heterocycles. The van der Waals surface area contributed by atoms with Crippen LogP contribution in [0.3, 0.4) is 0 Å². The smallest absolute Gasteiger partial charge is 0.0940 e. The summed E-state index contributed by atoms with van der Waals surface area (Å²) in [5.74, 6) is 0. The maximum absolute atomic E-state index is 6.12. The number of methoxy groups -OCH3 is 1. The second-order valence-corrected chi connectivity index (χ2v) is 5.31. The van der Waals surface area contributed by atoms with Crippen molar-refractivity contribution in [1.29, 1.82) is 0 Å². The van der Waals surface area contributed by atoms with Gasteiger partial charge in [0.1, 0.15) is 0 Å². The lowest BCUT2D eigenvalue weighted by Gasteiger charge is -2.42. The van der Waals surface area contributed by atoms with Crippen LogP contribution in [0.1, 0.15) is 30.7 Å². The van der Waals surface area contributed by atoms with Crippen molar-refractivity contribution in [2.45, 2.75) is 43.7 Å². The minimum atomic E-state index is 0.0800. The van der Waals surface area contributed by atoms with Gasteiger partial charge in [0, 0.05) is 31.1 Å². The molecule has 1 fully saturated rings. The number of thiazole rings is 1. The quantitative estimate of drug-likeness (QED) is 0.835. The zero-order valence-corrected chi connectivity index (χ0v) is 9.93. The molecule has 1 aliphatic carbocycles. The molecular weight excluding hydrogens is 208 g/mol. The van der Waals surface area contributed by atoms with E-state index < -0.39 is 0 Å². The fourth-order valence-electron chi connectivity index (χ4n) is 2.19. The summed E-state index contributed by atoms with van der Waals surface area (Å²) in [5, 5.41) is 3.13. The van der Waals surface area contributed by atoms with Crippen LogP contribution in [0.4, 0.5) is 0 Å². The fourth-order valence-corrected chi connectivity index (χ4v) is 2.90. The van der Waals surface area contributed by atoms with Crippen molar-refractivity contribution in [2.24, 2.45) is 5.73 Å². The van der Waals surface area contributed by atoms with Gasteiger partial charge in [-0.05, 0) is 25.7 Å². The van der Waals surface area contributed by atoms with Crippen LogP contribution in [-0.4, -0.2) is 23.7 Å². The lowest BCUT2D eigenvalue weighted by Crippen LogP contribution is -2.44. The summed E-state index contributed by atoms with van der Waals surface area (Å²) in [7, 11) is 1.80. The first kappa shape index (κ1) is 11.0. The molecule has 1 saturated carbocycles. The van der Waals surface area contributed by atoms with Gasteiger partial charge in [0.2, 0.25) is 0 Å². The largest absolute Gasteiger partial charge is 0.378 e. The number of nitrogens with zero attached hydrogens (tertiary/aromatic N) is 1. The first-order chi connectivity index (χ1) is 7.24. The molecule has 15 heavy (non-hydrogen) atoms. The molecule has 2 rings (SSSR count). The third-order valence-electron chi connectivity index (χ3n) is 3.25. The summed E-state index contributed by atoms with van der Waals surface area (Å²) in [6.45, 7) is 0. The second-order valence-electron chi connectivity index (χ2n) is 4.33. The van der Waals surface area contributed by atoms with E-state index in [4.69, 9.17) is 10.5 Å². The van der Waals surface area contributed by atoms with Crippen LogP contribution in [0.25, 0.3) is 0 Å². The molecule has 1 heterocycles. The van der Waals surface area contributed by atoms with E-state index in [-0.39, 0.29) is 11.6 Å². The third-order valence-corrected chi connectivity index (χ3v) is 4.05. The summed E-state index contributed by atoms with van der Waals surface area (Å²) in [5.41, 5.74) is 6.20. The average molecular weight is 226 g/mol. The Balaban J connectivity index is 1.84. The maximum Gasteiger partial charge on any atom is 0.0940 e. The highest BCUT2D eigenvalue weighted by Gasteiger charge is 2.38. The van der Waals surface area contributed by atoms with Crippen LogP contribution in [-0.2, 0) is 11.2 Å². The zero-order chi connectivity index (χ0) is 10.7. The van der Waals surface area contributed by atoms with Crippen molar-refractivity contribution < 1.29 is 4.74 Å². The molecule has 1 atom stereocenters. The van der Waals surface area contributed by atoms with E-state index >= 15 is 0 Å². The molecule has 2 N–H and O–H groups in total. The van der Waals surface area contributed by atoms with Crippen molar-refractivity contribution in [3.8, 4) is 0 Å². The van der Waals surface area contributed by atoms with Crippen molar-refractivity contribution >= 4 is 11.3 Å². The number of nitrogens with two attached hydrogens (primary N) is 1. The zero-order valence-electron chi connectivity index (χ0n) is 9.11. The van der Waals surface area contributed by atoms with Crippen LogP contribution >= 0.6 is 11.3 Å². The second kappa shape index (κ2) is 4.60. The van der Waals surface area contributed by atoms with Crippen LogP contribution < -0.4 is 5.73 Å². The lowest BCUT2D eigenvalue weighted by molar-refractivity contribution is -0.0813. The SMILES string of the molecule is COC1(CC(N)Cc2nccs2)CCC1. The Morgan fingerprint density at radius 1 is 1.67 bits per heavy atom. The maximum atomic E-state index is 6.12. The summed E-state index contributed by atoms with van der Waals surface area (Å²) in [4.78, 5) is 4.25. The first-order valence-electron chi connectivity index (χ1n) is 5.43. The highest BCUT2D eigenvalue weighted by molar-refractivity contribution is 7.09. The third kappa shape index (κ3) is 2.56. The Labute approximate surface area is 94.7 Å². The molecule has 0 spiro atoms. The molecule has 0 radical (unpaired) electrons. The molecule has 1 aromatic heterocycles. The standard InChI is InChI=1S/C11H18N2OS/c1-14-11(3-2-4-11)8-9(12)7-10-13-5-6-15-10/h5-6,9H,2-4,7-8,12H2,1H3. The van der Waals surface area contributed by atoms with E-state index in [0.717, 1.165) is 30.7 Å². The highest BCUT2D eigenvalue weighted by Crippen LogP contribution is 2.38. The van der Waals surface area contributed by atoms with Gasteiger partial charge >= 0.3 is 0 Å². The number of hydrogen-bond donors (Lipinski definition) is 1. The Morgan fingerprint density at radius 3 is 2.93 bits per heavy atom. The van der Waals surface area contributed by atoms with Crippen LogP contribution in [0.15, 0.2) is 11.6 Å². The van der Waals surface area contributed by atoms with Crippen LogP contribution in [0, 0.1) is 0 Å². The number of aromatic nitrogens is 1. The lowest BCUT2D eigenvalue weighted by atomic mass is 9.75. The van der Waals surface area contributed by atoms with Gasteiger partial charge in [-0.15, -0.1) is 11.3 Å². The summed E-state index contributed by atoms with van der Waals surface area (Å²) >= 11 is 1.68. The van der Waals surface area contributed by atoms with Crippen molar-refractivity contribution in [1.82, 2.24) is 4.98 Å². The van der Waals surface area contributed by atoms with Gasteiger partial charge < -0.3 is 10.5 Å². The molecule has 0 amide bonds. The van der Waals surface area contributed by atoms with Gasteiger partial charge in [0.15, 0.2) is 0 Å². The molecule has 1 aliphatic rings. The number of ether oxygens (including phenoxy) is 1. The minimum Gasteiger partial charge on any atom is -0.378 e. The van der Waals surface area contributed by atoms with E-state index in [1.54, 1.807) is 18.4 Å². The van der Waals surface area contributed by atoms with Gasteiger partial charge in [-0.2, -0.15) is 0 Å². The molecule has 0 bridgehead atoms. The molecule has 84 valence electrons. The van der Waals surface area contributed by atoms with E-state index in [1.165, 1.54) is 6.42 Å². The summed E-state index contributed by atoms with van der Waals surface area (Å²) < 4.78 is 5.57. The summed E-state index contributed by atoms with van der Waals surface area (Å²) in [6.07, 6.45) is 7.27. The molecule has 3 nitrogen and oxygen atoms in total. The van der Waals surface area contributed by atoms with Gasteiger partial charge in [0.05, 0.1) is 10.6 Å². The fraction of sp³-hybridized carbons (Fsp3) is 0.727. The normalized spacial score (nSPS) is 20.9. The Bertz CT molecular complexity index is 290. The first-order valence-corrected chi connectivity index (χ1v) is 6.31. The Kier molecular flexibility index (Phi) is 3.38. The monoisotopic (exact) mass is 226 g/mol. The number of rotatable bonds is 5. The van der Waals surface area contributed by atoms with Crippen LogP contribution in [0.2, 0.25) is 0 Å². The van der Waals surface area contributed by atoms with E-state index in [9.17, 15) is 0 Å². The van der Waals surface area contributed by atoms with Crippen molar-refractivity contribution in [3.05, 3.63) is 16.6 Å². The summed E-state index contributed by atoms with van der Waals surface area (Å²) in [6, 6.07) is 0.177. The Morgan fingerprint density at radius 2 is 2.47 bits per heavy atom. The van der Waals surface area contributed by atoms with Gasteiger partial charge in [-0.25, -0.2) is 4.98 Å². The van der Waals surface area contributed by atoms with Crippen molar-refractivity contribution in [2.75, 3.05) is 7.11 Å². The predicted octanol–water partition coefficient (Wildman–Crippen LogP) is 1.97. The van der Waals surface area contributed by atoms with Gasteiger partial charge in [0.25, 0.3) is 0 Å². The van der Waals surface area contributed by atoms with Crippen molar-refractivity contribution in [3.63, 3.8) is 0 Å². The molecule has 4 heteroatoms. The minimum absolute atomic E-state index is 0.0800. The molecule has 0 aliphatic heterocycles. The number of hydrogen-bond acceptors (Lipinski definition) is 4. The average Bonchev–Trinajstić information content (AvgIpc) is 2.64. The highest BCUT2D eigenvalue weighted by atomic mass is 32.1. The molecule has 0 aromatic carbocycles. The molecule has 1 unspecified atom stereocenters. The van der Waals surface area contributed by atoms with Gasteiger partial charge in [-0.1, -0.05) is 0 Å².